The van der Waals surface area contributed by atoms with Crippen molar-refractivity contribution in [1.29, 1.82) is 0 Å². The van der Waals surface area contributed by atoms with E-state index >= 15 is 0 Å². The number of likely N-dealkylation sites (N-methyl/N-ethyl adjacent to an activating group) is 2. The lowest BCUT2D eigenvalue weighted by atomic mass is 10.2. The molecular formula is C11H13FN2O3. The second-order valence-electron chi connectivity index (χ2n) is 3.41. The fourth-order valence-corrected chi connectivity index (χ4v) is 1.39. The SMILES string of the molecule is CNC(C(=O)O)C(=O)N(C)c1ccccc1F. The summed E-state index contributed by atoms with van der Waals surface area (Å²) in [5.41, 5.74) is 0.0407. The first kappa shape index (κ1) is 13.1. The number of halogens is 1. The summed E-state index contributed by atoms with van der Waals surface area (Å²) in [6, 6.07) is 4.27. The molecule has 1 aromatic rings. The van der Waals surface area contributed by atoms with Gasteiger partial charge < -0.3 is 10.0 Å². The number of nitrogens with zero attached hydrogens (tertiary/aromatic N) is 1. The molecule has 0 aliphatic carbocycles. The molecule has 6 heteroatoms. The van der Waals surface area contributed by atoms with E-state index in [-0.39, 0.29) is 5.69 Å². The molecule has 0 aromatic heterocycles. The maximum Gasteiger partial charge on any atom is 0.330 e. The molecule has 0 spiro atoms. The monoisotopic (exact) mass is 240 g/mol. The maximum absolute atomic E-state index is 13.4. The van der Waals surface area contributed by atoms with Gasteiger partial charge in [0.1, 0.15) is 5.82 Å². The van der Waals surface area contributed by atoms with Crippen LogP contribution in [0.1, 0.15) is 0 Å². The van der Waals surface area contributed by atoms with Gasteiger partial charge in [-0.2, -0.15) is 0 Å². The number of hydrogen-bond donors (Lipinski definition) is 2. The van der Waals surface area contributed by atoms with E-state index < -0.39 is 23.7 Å². The second-order valence-corrected chi connectivity index (χ2v) is 3.41. The zero-order chi connectivity index (χ0) is 13.0. The van der Waals surface area contributed by atoms with Gasteiger partial charge in [-0.15, -0.1) is 0 Å². The maximum atomic E-state index is 13.4. The second kappa shape index (κ2) is 5.40. The average molecular weight is 240 g/mol. The summed E-state index contributed by atoms with van der Waals surface area (Å²) in [6.07, 6.45) is 0. The minimum atomic E-state index is -1.39. The third-order valence-electron chi connectivity index (χ3n) is 2.33. The van der Waals surface area contributed by atoms with Gasteiger partial charge in [0, 0.05) is 7.05 Å². The lowest BCUT2D eigenvalue weighted by Crippen LogP contribution is -2.48. The highest BCUT2D eigenvalue weighted by Crippen LogP contribution is 2.17. The van der Waals surface area contributed by atoms with Crippen LogP contribution in [0.2, 0.25) is 0 Å². The van der Waals surface area contributed by atoms with Crippen LogP contribution in [0.3, 0.4) is 0 Å². The van der Waals surface area contributed by atoms with Crippen molar-refractivity contribution in [2.45, 2.75) is 6.04 Å². The number of nitrogens with one attached hydrogen (secondary N) is 1. The lowest BCUT2D eigenvalue weighted by Gasteiger charge is -2.21. The predicted molar refractivity (Wildman–Crippen MR) is 60.3 cm³/mol. The van der Waals surface area contributed by atoms with Gasteiger partial charge in [-0.05, 0) is 19.2 Å². The highest BCUT2D eigenvalue weighted by atomic mass is 19.1. The van der Waals surface area contributed by atoms with Gasteiger partial charge in [0.05, 0.1) is 5.69 Å². The number of aliphatic carboxylic acids is 1. The number of rotatable bonds is 4. The van der Waals surface area contributed by atoms with E-state index in [2.05, 4.69) is 5.32 Å². The minimum absolute atomic E-state index is 0.0407. The molecule has 0 bridgehead atoms. The Balaban J connectivity index is 2.97. The fraction of sp³-hybridized carbons (Fsp3) is 0.273. The van der Waals surface area contributed by atoms with Crippen molar-refractivity contribution in [3.63, 3.8) is 0 Å². The standard InChI is InChI=1S/C11H13FN2O3/c1-13-9(11(16)17)10(15)14(2)8-6-4-3-5-7(8)12/h3-6,9,13H,1-2H3,(H,16,17). The first-order chi connectivity index (χ1) is 7.99. The molecule has 0 saturated heterocycles. The Morgan fingerprint density at radius 2 is 2.00 bits per heavy atom. The van der Waals surface area contributed by atoms with Crippen LogP contribution < -0.4 is 10.2 Å². The number of anilines is 1. The topological polar surface area (TPSA) is 69.6 Å². The summed E-state index contributed by atoms with van der Waals surface area (Å²) in [4.78, 5) is 23.6. The average Bonchev–Trinajstić information content (AvgIpc) is 2.29. The zero-order valence-electron chi connectivity index (χ0n) is 9.48. The third kappa shape index (κ3) is 2.79. The normalized spacial score (nSPS) is 11.9. The lowest BCUT2D eigenvalue weighted by molar-refractivity contribution is -0.143. The van der Waals surface area contributed by atoms with Gasteiger partial charge in [-0.3, -0.25) is 10.1 Å². The Morgan fingerprint density at radius 1 is 1.41 bits per heavy atom. The van der Waals surface area contributed by atoms with Crippen molar-refractivity contribution in [2.24, 2.45) is 0 Å². The molecule has 1 amide bonds. The van der Waals surface area contributed by atoms with Crippen LogP contribution in [0.4, 0.5) is 10.1 Å². The molecule has 92 valence electrons. The molecule has 2 N–H and O–H groups in total. The Bertz CT molecular complexity index is 436. The number of hydrogen-bond acceptors (Lipinski definition) is 3. The molecule has 1 aromatic carbocycles. The van der Waals surface area contributed by atoms with Crippen LogP contribution >= 0.6 is 0 Å². The predicted octanol–water partition coefficient (Wildman–Crippen LogP) is 0.461. The molecule has 1 unspecified atom stereocenters. The number of para-hydroxylation sites is 1. The molecule has 0 heterocycles. The summed E-state index contributed by atoms with van der Waals surface area (Å²) in [7, 11) is 2.68. The van der Waals surface area contributed by atoms with E-state index in [1.165, 1.54) is 32.3 Å². The van der Waals surface area contributed by atoms with E-state index in [4.69, 9.17) is 5.11 Å². The molecule has 1 rings (SSSR count). The Kier molecular flexibility index (Phi) is 4.17. The largest absolute Gasteiger partial charge is 0.480 e. The van der Waals surface area contributed by atoms with Crippen LogP contribution in [-0.4, -0.2) is 37.1 Å². The van der Waals surface area contributed by atoms with Gasteiger partial charge in [-0.1, -0.05) is 12.1 Å². The van der Waals surface area contributed by atoms with Gasteiger partial charge in [0.15, 0.2) is 6.04 Å². The molecule has 5 nitrogen and oxygen atoms in total. The van der Waals surface area contributed by atoms with Gasteiger partial charge >= 0.3 is 5.97 Å². The Morgan fingerprint density at radius 3 is 2.47 bits per heavy atom. The number of carbonyl (C=O) groups excluding carboxylic acids is 1. The number of carboxylic acid groups (broad SMARTS) is 1. The highest BCUT2D eigenvalue weighted by molar-refractivity contribution is 6.08. The van der Waals surface area contributed by atoms with E-state index in [0.717, 1.165) is 4.90 Å². The Labute approximate surface area is 97.8 Å². The number of benzene rings is 1. The van der Waals surface area contributed by atoms with Crippen molar-refractivity contribution >= 4 is 17.6 Å². The molecule has 17 heavy (non-hydrogen) atoms. The summed E-state index contributed by atoms with van der Waals surface area (Å²) in [5.74, 6) is -2.62. The van der Waals surface area contributed by atoms with Gasteiger partial charge in [0.2, 0.25) is 0 Å². The van der Waals surface area contributed by atoms with Gasteiger partial charge in [0.25, 0.3) is 5.91 Å². The molecule has 0 radical (unpaired) electrons. The van der Waals surface area contributed by atoms with E-state index in [0.29, 0.717) is 0 Å². The van der Waals surface area contributed by atoms with E-state index in [1.54, 1.807) is 6.07 Å². The molecular weight excluding hydrogens is 227 g/mol. The fourth-order valence-electron chi connectivity index (χ4n) is 1.39. The van der Waals surface area contributed by atoms with Crippen LogP contribution in [0.15, 0.2) is 24.3 Å². The zero-order valence-corrected chi connectivity index (χ0v) is 9.48. The third-order valence-corrected chi connectivity index (χ3v) is 2.33. The van der Waals surface area contributed by atoms with Crippen molar-refractivity contribution in [3.05, 3.63) is 30.1 Å². The van der Waals surface area contributed by atoms with Crippen molar-refractivity contribution in [1.82, 2.24) is 5.32 Å². The van der Waals surface area contributed by atoms with E-state index in [1.807, 2.05) is 0 Å². The Hall–Kier alpha value is -1.95. The molecule has 0 aliphatic rings. The van der Waals surface area contributed by atoms with Crippen molar-refractivity contribution < 1.29 is 19.1 Å². The molecule has 0 saturated carbocycles. The minimum Gasteiger partial charge on any atom is -0.480 e. The van der Waals surface area contributed by atoms with Crippen molar-refractivity contribution in [2.75, 3.05) is 19.0 Å². The van der Waals surface area contributed by atoms with Crippen LogP contribution in [0.25, 0.3) is 0 Å². The molecule has 0 fully saturated rings. The van der Waals surface area contributed by atoms with Gasteiger partial charge in [-0.25, -0.2) is 9.18 Å². The first-order valence-corrected chi connectivity index (χ1v) is 4.91. The summed E-state index contributed by atoms with van der Waals surface area (Å²) in [5, 5.41) is 11.2. The van der Waals surface area contributed by atoms with Crippen LogP contribution in [-0.2, 0) is 9.59 Å². The quantitative estimate of drug-likeness (QED) is 0.750. The van der Waals surface area contributed by atoms with Crippen LogP contribution in [0, 0.1) is 5.82 Å². The van der Waals surface area contributed by atoms with Crippen LogP contribution in [0.5, 0.6) is 0 Å². The highest BCUT2D eigenvalue weighted by Gasteiger charge is 2.28. The molecule has 0 aliphatic heterocycles. The van der Waals surface area contributed by atoms with Crippen molar-refractivity contribution in [3.8, 4) is 0 Å². The number of amides is 1. The smallest absolute Gasteiger partial charge is 0.330 e. The first-order valence-electron chi connectivity index (χ1n) is 4.91. The number of carbonyl (C=O) groups is 2. The summed E-state index contributed by atoms with van der Waals surface area (Å²) >= 11 is 0. The molecule has 1 atom stereocenters. The summed E-state index contributed by atoms with van der Waals surface area (Å²) in [6.45, 7) is 0. The van der Waals surface area contributed by atoms with E-state index in [9.17, 15) is 14.0 Å². The number of carboxylic acids is 1. The summed E-state index contributed by atoms with van der Waals surface area (Å²) < 4.78 is 13.4.